The van der Waals surface area contributed by atoms with Crippen LogP contribution < -0.4 is 0 Å². The zero-order valence-electron chi connectivity index (χ0n) is 21.6. The average Bonchev–Trinajstić information content (AvgIpc) is 3.56. The van der Waals surface area contributed by atoms with E-state index in [1.807, 2.05) is 47.1 Å². The van der Waals surface area contributed by atoms with Gasteiger partial charge in [0.2, 0.25) is 0 Å². The van der Waals surface area contributed by atoms with Gasteiger partial charge in [-0.15, -0.1) is 5.10 Å². The summed E-state index contributed by atoms with van der Waals surface area (Å²) >= 11 is 0. The van der Waals surface area contributed by atoms with Crippen molar-refractivity contribution in [1.29, 1.82) is 0 Å². The molecule has 5 rings (SSSR count). The highest BCUT2D eigenvalue weighted by atomic mass is 16.4. The Morgan fingerprint density at radius 3 is 2.18 bits per heavy atom. The lowest BCUT2D eigenvalue weighted by atomic mass is 9.96. The molecule has 2 heterocycles. The molecule has 2 N–H and O–H groups in total. The van der Waals surface area contributed by atoms with Gasteiger partial charge >= 0.3 is 5.97 Å². The Morgan fingerprint density at radius 1 is 0.895 bits per heavy atom. The molecule has 0 aliphatic rings. The Kier molecular flexibility index (Phi) is 6.83. The normalized spacial score (nSPS) is 11.6. The maximum atomic E-state index is 11.0. The number of hydrogen-bond acceptors (Lipinski definition) is 6. The Labute approximate surface area is 220 Å². The molecule has 0 saturated heterocycles. The predicted molar refractivity (Wildman–Crippen MR) is 143 cm³/mol. The molecule has 0 amide bonds. The average molecular weight is 508 g/mol. The van der Waals surface area contributed by atoms with Crippen molar-refractivity contribution in [2.24, 2.45) is 0 Å². The van der Waals surface area contributed by atoms with Crippen LogP contribution in [0.4, 0.5) is 0 Å². The van der Waals surface area contributed by atoms with Crippen LogP contribution in [-0.4, -0.2) is 46.5 Å². The highest BCUT2D eigenvalue weighted by molar-refractivity contribution is 5.80. The van der Waals surface area contributed by atoms with Crippen molar-refractivity contribution in [1.82, 2.24) is 35.4 Å². The van der Waals surface area contributed by atoms with Gasteiger partial charge in [0.1, 0.15) is 5.82 Å². The molecule has 2 aromatic heterocycles. The third-order valence-corrected chi connectivity index (χ3v) is 6.28. The Hall–Kier alpha value is -4.66. The van der Waals surface area contributed by atoms with Gasteiger partial charge in [-0.25, -0.2) is 14.8 Å². The van der Waals surface area contributed by atoms with Crippen LogP contribution in [0.1, 0.15) is 49.1 Å². The van der Waals surface area contributed by atoms with Crippen LogP contribution in [0, 0.1) is 0 Å². The van der Waals surface area contributed by atoms with Crippen molar-refractivity contribution in [3.8, 4) is 22.5 Å². The van der Waals surface area contributed by atoms with E-state index >= 15 is 0 Å². The highest BCUT2D eigenvalue weighted by Gasteiger charge is 2.22. The molecule has 0 saturated carbocycles. The number of aromatic nitrogens is 7. The van der Waals surface area contributed by atoms with Gasteiger partial charge < -0.3 is 5.11 Å². The number of carboxylic acids is 1. The lowest BCUT2D eigenvalue weighted by molar-refractivity contribution is -0.136. The highest BCUT2D eigenvalue weighted by Crippen LogP contribution is 2.30. The van der Waals surface area contributed by atoms with Crippen molar-refractivity contribution >= 4 is 5.97 Å². The van der Waals surface area contributed by atoms with Gasteiger partial charge in [0.15, 0.2) is 11.6 Å². The number of carboxylic acid groups (broad SMARTS) is 1. The molecule has 0 unspecified atom stereocenters. The Morgan fingerprint density at radius 2 is 1.55 bits per heavy atom. The molecule has 0 bridgehead atoms. The molecule has 0 radical (unpaired) electrons. The summed E-state index contributed by atoms with van der Waals surface area (Å²) in [6, 6.07) is 24.1. The van der Waals surface area contributed by atoms with Crippen molar-refractivity contribution in [3.05, 3.63) is 101 Å². The standard InChI is InChI=1S/C29H29N7O2/c1-29(2,3)28-30-25(16-19-8-10-20(11-9-19)17-26(37)38)36(33-28)18-21-12-14-22(15-13-21)23-6-4-5-7-24(23)27-31-34-35-32-27/h4-15H,16-18H2,1-3H3,(H,37,38)(H,31,32,34,35). The lowest BCUT2D eigenvalue weighted by Gasteiger charge is -2.12. The molecule has 3 aromatic carbocycles. The van der Waals surface area contributed by atoms with Crippen LogP contribution in [0.5, 0.6) is 0 Å². The van der Waals surface area contributed by atoms with Gasteiger partial charge in [0.25, 0.3) is 0 Å². The van der Waals surface area contributed by atoms with Gasteiger partial charge in [-0.3, -0.25) is 4.79 Å². The number of hydrogen-bond donors (Lipinski definition) is 2. The predicted octanol–water partition coefficient (Wildman–Crippen LogP) is 4.69. The summed E-state index contributed by atoms with van der Waals surface area (Å²) < 4.78 is 1.97. The molecule has 5 aromatic rings. The van der Waals surface area contributed by atoms with Crippen molar-refractivity contribution in [2.45, 2.75) is 45.6 Å². The largest absolute Gasteiger partial charge is 0.481 e. The second-order valence-electron chi connectivity index (χ2n) is 10.3. The van der Waals surface area contributed by atoms with Crippen LogP contribution in [0.25, 0.3) is 22.5 Å². The molecule has 38 heavy (non-hydrogen) atoms. The van der Waals surface area contributed by atoms with Crippen molar-refractivity contribution in [3.63, 3.8) is 0 Å². The summed E-state index contributed by atoms with van der Waals surface area (Å²) in [4.78, 5) is 15.9. The molecular formula is C29H29N7O2. The number of benzene rings is 3. The van der Waals surface area contributed by atoms with E-state index in [0.29, 0.717) is 18.8 Å². The van der Waals surface area contributed by atoms with E-state index in [1.54, 1.807) is 0 Å². The zero-order valence-corrected chi connectivity index (χ0v) is 21.6. The third-order valence-electron chi connectivity index (χ3n) is 6.28. The van der Waals surface area contributed by atoms with E-state index in [2.05, 4.69) is 71.7 Å². The summed E-state index contributed by atoms with van der Waals surface area (Å²) in [5.41, 5.74) is 5.80. The topological polar surface area (TPSA) is 122 Å². The number of aliphatic carboxylic acids is 1. The number of nitrogens with one attached hydrogen (secondary N) is 1. The molecule has 9 nitrogen and oxygen atoms in total. The van der Waals surface area contributed by atoms with E-state index in [1.165, 1.54) is 0 Å². The summed E-state index contributed by atoms with van der Waals surface area (Å²) in [7, 11) is 0. The molecule has 0 aliphatic carbocycles. The minimum atomic E-state index is -0.836. The smallest absolute Gasteiger partial charge is 0.307 e. The first-order valence-corrected chi connectivity index (χ1v) is 12.4. The van der Waals surface area contributed by atoms with Crippen LogP contribution in [-0.2, 0) is 29.6 Å². The number of carbonyl (C=O) groups is 1. The van der Waals surface area contributed by atoms with Crippen LogP contribution in [0.15, 0.2) is 72.8 Å². The fourth-order valence-corrected chi connectivity index (χ4v) is 4.26. The second-order valence-corrected chi connectivity index (χ2v) is 10.3. The van der Waals surface area contributed by atoms with Crippen LogP contribution >= 0.6 is 0 Å². The van der Waals surface area contributed by atoms with E-state index in [4.69, 9.17) is 15.2 Å². The van der Waals surface area contributed by atoms with Gasteiger partial charge in [0, 0.05) is 17.4 Å². The molecular weight excluding hydrogens is 478 g/mol. The number of aromatic amines is 1. The van der Waals surface area contributed by atoms with E-state index < -0.39 is 5.97 Å². The van der Waals surface area contributed by atoms with Gasteiger partial charge in [-0.2, -0.15) is 5.10 Å². The Bertz CT molecular complexity index is 1530. The maximum Gasteiger partial charge on any atom is 0.307 e. The van der Waals surface area contributed by atoms with E-state index in [0.717, 1.165) is 45.0 Å². The van der Waals surface area contributed by atoms with E-state index in [-0.39, 0.29) is 11.8 Å². The minimum Gasteiger partial charge on any atom is -0.481 e. The maximum absolute atomic E-state index is 11.0. The summed E-state index contributed by atoms with van der Waals surface area (Å²) in [6.45, 7) is 6.90. The SMILES string of the molecule is CC(C)(C)c1nc(Cc2ccc(CC(=O)O)cc2)n(Cc2ccc(-c3ccccc3-c3nnn[nH]3)cc2)n1. The molecule has 9 heteroatoms. The third kappa shape index (κ3) is 5.67. The monoisotopic (exact) mass is 507 g/mol. The second kappa shape index (κ2) is 10.4. The molecule has 0 spiro atoms. The summed E-state index contributed by atoms with van der Waals surface area (Å²) in [6.07, 6.45) is 0.619. The lowest BCUT2D eigenvalue weighted by Crippen LogP contribution is -2.14. The first-order chi connectivity index (χ1) is 18.3. The van der Waals surface area contributed by atoms with Crippen LogP contribution in [0.3, 0.4) is 0 Å². The fraction of sp³-hybridized carbons (Fsp3) is 0.241. The first-order valence-electron chi connectivity index (χ1n) is 12.4. The van der Waals surface area contributed by atoms with Crippen LogP contribution in [0.2, 0.25) is 0 Å². The molecule has 0 atom stereocenters. The van der Waals surface area contributed by atoms with Crippen molar-refractivity contribution in [2.75, 3.05) is 0 Å². The fourth-order valence-electron chi connectivity index (χ4n) is 4.26. The zero-order chi connectivity index (χ0) is 26.7. The number of nitrogens with zero attached hydrogens (tertiary/aromatic N) is 6. The van der Waals surface area contributed by atoms with Gasteiger partial charge in [-0.1, -0.05) is 93.6 Å². The minimum absolute atomic E-state index is 0.0143. The molecule has 0 fully saturated rings. The first kappa shape index (κ1) is 25.0. The molecule has 192 valence electrons. The van der Waals surface area contributed by atoms with E-state index in [9.17, 15) is 4.79 Å². The number of tetrazole rings is 1. The summed E-state index contributed by atoms with van der Waals surface area (Å²) in [5, 5.41) is 28.2. The van der Waals surface area contributed by atoms with Gasteiger partial charge in [0.05, 0.1) is 13.0 Å². The summed E-state index contributed by atoms with van der Waals surface area (Å²) in [5.74, 6) is 1.45. The molecule has 0 aliphatic heterocycles. The number of rotatable bonds is 8. The Balaban J connectivity index is 1.40. The quantitative estimate of drug-likeness (QED) is 0.312. The number of H-pyrrole nitrogens is 1. The van der Waals surface area contributed by atoms with Gasteiger partial charge in [-0.05, 0) is 38.2 Å². The van der Waals surface area contributed by atoms with Crippen molar-refractivity contribution < 1.29 is 9.90 Å².